The van der Waals surface area contributed by atoms with E-state index in [2.05, 4.69) is 38.4 Å². The number of rotatable bonds is 7. The molecule has 1 aliphatic rings. The predicted molar refractivity (Wildman–Crippen MR) is 120 cm³/mol. The van der Waals surface area contributed by atoms with Crippen LogP contribution >= 0.6 is 15.9 Å². The van der Waals surface area contributed by atoms with Crippen LogP contribution in [0.15, 0.2) is 44.5 Å². The summed E-state index contributed by atoms with van der Waals surface area (Å²) in [4.78, 5) is 4.98. The van der Waals surface area contributed by atoms with Crippen LogP contribution in [0.3, 0.4) is 0 Å². The summed E-state index contributed by atoms with van der Waals surface area (Å²) in [6, 6.07) is 6.71. The van der Waals surface area contributed by atoms with Crippen molar-refractivity contribution in [3.05, 3.63) is 34.6 Å². The topological polar surface area (TPSA) is 83.0 Å². The first-order valence-electron chi connectivity index (χ1n) is 9.25. The van der Waals surface area contributed by atoms with Crippen molar-refractivity contribution < 1.29 is 13.2 Å². The van der Waals surface area contributed by atoms with E-state index in [9.17, 15) is 8.42 Å². The van der Waals surface area contributed by atoms with E-state index in [1.54, 1.807) is 31.4 Å². The molecular weight excluding hydrogens is 456 g/mol. The summed E-state index contributed by atoms with van der Waals surface area (Å²) in [5, 5.41) is 6.62. The van der Waals surface area contributed by atoms with E-state index in [1.807, 2.05) is 6.92 Å². The van der Waals surface area contributed by atoms with Gasteiger partial charge >= 0.3 is 0 Å². The molecule has 1 aromatic carbocycles. The third kappa shape index (κ3) is 6.85. The lowest BCUT2D eigenvalue weighted by molar-refractivity contribution is 0.176. The Bertz CT molecular complexity index is 929. The average Bonchev–Trinajstić information content (AvgIpc) is 2.74. The average molecular weight is 483 g/mol. The number of sulfonamides is 1. The van der Waals surface area contributed by atoms with Crippen molar-refractivity contribution in [3.63, 3.8) is 0 Å². The molecule has 29 heavy (non-hydrogen) atoms. The highest BCUT2D eigenvalue weighted by atomic mass is 79.9. The highest BCUT2D eigenvalue weighted by Gasteiger charge is 2.17. The van der Waals surface area contributed by atoms with Gasteiger partial charge in [0.05, 0.1) is 11.5 Å². The third-order valence-electron chi connectivity index (χ3n) is 4.09. The monoisotopic (exact) mass is 482 g/mol. The van der Waals surface area contributed by atoms with Crippen LogP contribution in [0.5, 0.6) is 0 Å². The molecule has 0 unspecified atom stereocenters. The molecule has 1 aromatic rings. The first kappa shape index (κ1) is 23.4. The fourth-order valence-corrected chi connectivity index (χ4v) is 3.83. The number of methoxy groups -OCH3 is 1. The van der Waals surface area contributed by atoms with Crippen LogP contribution in [-0.4, -0.2) is 52.4 Å². The molecule has 7 nitrogen and oxygen atoms in total. The lowest BCUT2D eigenvalue weighted by Gasteiger charge is -2.17. The number of benzene rings is 1. The zero-order valence-electron chi connectivity index (χ0n) is 17.1. The Labute approximate surface area is 181 Å². The van der Waals surface area contributed by atoms with E-state index in [1.165, 1.54) is 18.4 Å². The van der Waals surface area contributed by atoms with Crippen molar-refractivity contribution in [2.75, 3.05) is 33.1 Å². The highest BCUT2D eigenvalue weighted by Crippen LogP contribution is 2.19. The summed E-state index contributed by atoms with van der Waals surface area (Å²) >= 11 is 3.51. The highest BCUT2D eigenvalue weighted by molar-refractivity contribution is 9.12. The molecule has 1 atom stereocenters. The Kier molecular flexibility index (Phi) is 8.71. The fourth-order valence-electron chi connectivity index (χ4n) is 2.58. The summed E-state index contributed by atoms with van der Waals surface area (Å²) in [7, 11) is 1.23. The minimum atomic E-state index is -3.45. The second-order valence-electron chi connectivity index (χ2n) is 6.81. The summed E-state index contributed by atoms with van der Waals surface area (Å²) in [5.74, 6) is 7.61. The van der Waals surface area contributed by atoms with Crippen LogP contribution in [-0.2, 0) is 14.8 Å². The molecule has 0 amide bonds. The number of nitrogens with one attached hydrogen (secondary N) is 2. The van der Waals surface area contributed by atoms with Crippen molar-refractivity contribution in [2.45, 2.75) is 37.1 Å². The molecular formula is C20H27BrN4O3S. The van der Waals surface area contributed by atoms with E-state index in [4.69, 9.17) is 9.73 Å². The number of nitrogens with zero attached hydrogens (tertiary/aromatic N) is 2. The quantitative estimate of drug-likeness (QED) is 0.583. The first-order valence-corrected chi connectivity index (χ1v) is 11.5. The number of ether oxygens (including phenoxy) is 1. The third-order valence-corrected chi connectivity index (χ3v) is 6.49. The molecule has 0 spiro atoms. The number of hydrogen-bond acceptors (Lipinski definition) is 6. The summed E-state index contributed by atoms with van der Waals surface area (Å²) in [6.45, 7) is 2.54. The molecule has 2 rings (SSSR count). The minimum Gasteiger partial charge on any atom is -0.383 e. The molecule has 0 bridgehead atoms. The maximum atomic E-state index is 12.2. The van der Waals surface area contributed by atoms with Gasteiger partial charge in [-0.25, -0.2) is 17.7 Å². The van der Waals surface area contributed by atoms with E-state index >= 15 is 0 Å². The Morgan fingerprint density at radius 3 is 2.62 bits per heavy atom. The Hall–Kier alpha value is -1.86. The molecule has 1 aliphatic heterocycles. The molecule has 158 valence electrons. The van der Waals surface area contributed by atoms with Crippen molar-refractivity contribution in [1.82, 2.24) is 9.62 Å². The van der Waals surface area contributed by atoms with Crippen LogP contribution in [0.4, 0.5) is 5.69 Å². The maximum absolute atomic E-state index is 12.2. The van der Waals surface area contributed by atoms with Gasteiger partial charge in [0.1, 0.15) is 10.3 Å². The van der Waals surface area contributed by atoms with Gasteiger partial charge in [0, 0.05) is 45.8 Å². The summed E-state index contributed by atoms with van der Waals surface area (Å²) in [5.41, 5.74) is 0.766. The largest absolute Gasteiger partial charge is 0.383 e. The zero-order chi connectivity index (χ0) is 21.4. The van der Waals surface area contributed by atoms with Crippen molar-refractivity contribution in [3.8, 4) is 11.8 Å². The smallest absolute Gasteiger partial charge is 0.242 e. The molecule has 0 saturated carbocycles. The van der Waals surface area contributed by atoms with Gasteiger partial charge in [-0.3, -0.25) is 0 Å². The number of halogens is 1. The second kappa shape index (κ2) is 10.8. The molecule has 1 heterocycles. The van der Waals surface area contributed by atoms with E-state index in [0.29, 0.717) is 16.9 Å². The zero-order valence-corrected chi connectivity index (χ0v) is 19.5. The lowest BCUT2D eigenvalue weighted by Crippen LogP contribution is -2.30. The number of hydrogen-bond donors (Lipinski definition) is 2. The Balaban J connectivity index is 2.26. The van der Waals surface area contributed by atoms with Gasteiger partial charge in [-0.1, -0.05) is 11.8 Å². The van der Waals surface area contributed by atoms with E-state index in [0.717, 1.165) is 30.8 Å². The van der Waals surface area contributed by atoms with Crippen LogP contribution in [0.2, 0.25) is 0 Å². The second-order valence-corrected chi connectivity index (χ2v) is 9.76. The van der Waals surface area contributed by atoms with Crippen LogP contribution < -0.4 is 10.6 Å². The molecule has 2 N–H and O–H groups in total. The lowest BCUT2D eigenvalue weighted by atomic mass is 10.2. The predicted octanol–water partition coefficient (Wildman–Crippen LogP) is 3.12. The van der Waals surface area contributed by atoms with Gasteiger partial charge in [0.25, 0.3) is 0 Å². The summed E-state index contributed by atoms with van der Waals surface area (Å²) < 4.78 is 31.5. The number of aliphatic imine (C=N–C) groups is 1. The van der Waals surface area contributed by atoms with Crippen LogP contribution in [0.25, 0.3) is 0 Å². The normalized spacial score (nSPS) is 20.4. The Morgan fingerprint density at radius 1 is 1.31 bits per heavy atom. The molecule has 0 aromatic heterocycles. The van der Waals surface area contributed by atoms with Crippen molar-refractivity contribution >= 4 is 37.5 Å². The Morgan fingerprint density at radius 2 is 2.00 bits per heavy atom. The molecule has 0 saturated heterocycles. The maximum Gasteiger partial charge on any atom is 0.242 e. The first-order chi connectivity index (χ1) is 13.7. The van der Waals surface area contributed by atoms with Gasteiger partial charge < -0.3 is 15.4 Å². The van der Waals surface area contributed by atoms with Gasteiger partial charge in [0.15, 0.2) is 5.82 Å². The number of anilines is 1. The van der Waals surface area contributed by atoms with Gasteiger partial charge in [0.2, 0.25) is 10.0 Å². The fraction of sp³-hybridized carbons (Fsp3) is 0.450. The number of allylic oxidation sites excluding steroid dienone is 1. The van der Waals surface area contributed by atoms with Crippen LogP contribution in [0.1, 0.15) is 26.2 Å². The summed E-state index contributed by atoms with van der Waals surface area (Å²) in [6.07, 6.45) is 2.35. The molecule has 0 radical (unpaired) electrons. The molecule has 9 heteroatoms. The van der Waals surface area contributed by atoms with Crippen LogP contribution in [0, 0.1) is 11.8 Å². The van der Waals surface area contributed by atoms with E-state index < -0.39 is 10.0 Å². The molecule has 0 aliphatic carbocycles. The molecule has 0 fully saturated rings. The van der Waals surface area contributed by atoms with Crippen molar-refractivity contribution in [1.29, 1.82) is 0 Å². The SMILES string of the molecule is COC[C@H](C)NC1=C(\Br)C#CCCC/C(Nc2ccc(S(=O)(=O)N(C)C)cc2)=N\1. The van der Waals surface area contributed by atoms with Gasteiger partial charge in [-0.2, -0.15) is 0 Å². The minimum absolute atomic E-state index is 0.0608. The van der Waals surface area contributed by atoms with Crippen molar-refractivity contribution in [2.24, 2.45) is 4.99 Å². The van der Waals surface area contributed by atoms with E-state index in [-0.39, 0.29) is 10.9 Å². The standard InChI is InChI=1S/C20H27BrN4O3S/c1-15(14-28-4)22-20-18(21)8-6-5-7-9-19(24-20)23-16-10-12-17(13-11-16)29(26,27)25(2)3/h10-13,15,22H,5,7,9,14H2,1-4H3,(H,23,24)/b20-18+/t15-/m0/s1. The number of amidine groups is 1. The van der Waals surface area contributed by atoms with Gasteiger partial charge in [-0.05, 0) is 53.5 Å². The van der Waals surface area contributed by atoms with Gasteiger partial charge in [-0.15, -0.1) is 0 Å².